The van der Waals surface area contributed by atoms with Crippen molar-refractivity contribution < 1.29 is 9.31 Å². The molecule has 0 saturated carbocycles. The van der Waals surface area contributed by atoms with Crippen LogP contribution in [0.1, 0.15) is 36.1 Å². The lowest BCUT2D eigenvalue weighted by atomic mass is 9.86. The second-order valence-electron chi connectivity index (χ2n) is 14.7. The van der Waals surface area contributed by atoms with Crippen LogP contribution >= 0.6 is 0 Å². The van der Waals surface area contributed by atoms with Crippen LogP contribution in [-0.2, 0) is 12.8 Å². The summed E-state index contributed by atoms with van der Waals surface area (Å²) < 4.78 is 8.41. The van der Waals surface area contributed by atoms with Crippen LogP contribution in [0.15, 0.2) is 133 Å². The summed E-state index contributed by atoms with van der Waals surface area (Å²) >= 11 is 0. The van der Waals surface area contributed by atoms with E-state index in [1.54, 1.807) is 7.11 Å². The third kappa shape index (κ3) is 5.80. The molecule has 1 aliphatic heterocycles. The van der Waals surface area contributed by atoms with Crippen LogP contribution < -0.4 is 14.8 Å². The highest BCUT2D eigenvalue weighted by molar-refractivity contribution is 6.98. The molecule has 1 aliphatic carbocycles. The second kappa shape index (κ2) is 14.1. The zero-order valence-corrected chi connectivity index (χ0v) is 32.9. The van der Waals surface area contributed by atoms with Gasteiger partial charge in [0, 0.05) is 36.5 Å². The number of hydrogen-bond donors (Lipinski definition) is 0. The number of aryl methyl sites for hydroxylation is 2. The number of allylic oxidation sites excluding steroid dienone is 5. The van der Waals surface area contributed by atoms with Crippen LogP contribution in [0.4, 0.5) is 5.69 Å². The zero-order chi connectivity index (χ0) is 36.7. The number of benzene rings is 5. The van der Waals surface area contributed by atoms with Gasteiger partial charge in [-0.15, -0.1) is 13.2 Å². The number of ether oxygens (including phenoxy) is 1. The van der Waals surface area contributed by atoms with E-state index in [4.69, 9.17) is 4.74 Å². The van der Waals surface area contributed by atoms with Crippen LogP contribution in [0, 0.1) is 0 Å². The summed E-state index contributed by atoms with van der Waals surface area (Å²) in [7, 11) is 3.90. The molecule has 5 aromatic carbocycles. The Morgan fingerprint density at radius 2 is 1.37 bits per heavy atom. The normalized spacial score (nSPS) is 14.6. The topological polar surface area (TPSA) is 15.5 Å². The van der Waals surface area contributed by atoms with E-state index in [9.17, 15) is 0 Å². The van der Waals surface area contributed by atoms with Gasteiger partial charge < -0.3 is 9.64 Å². The van der Waals surface area contributed by atoms with Crippen molar-refractivity contribution in [3.63, 3.8) is 0 Å². The molecule has 7 rings (SSSR count). The van der Waals surface area contributed by atoms with Gasteiger partial charge in [-0.25, -0.2) is 4.58 Å². The molecule has 0 fully saturated rings. The highest BCUT2D eigenvalue weighted by Gasteiger charge is 2.41. The third-order valence-corrected chi connectivity index (χ3v) is 14.7. The molecule has 262 valence electrons. The Kier molecular flexibility index (Phi) is 9.54. The molecular formula is C48H51N2OSi+. The van der Waals surface area contributed by atoms with Gasteiger partial charge in [0.15, 0.2) is 5.71 Å². The number of rotatable bonds is 10. The summed E-state index contributed by atoms with van der Waals surface area (Å²) in [5.41, 5.74) is 12.6. The van der Waals surface area contributed by atoms with Crippen molar-refractivity contribution in [3.8, 4) is 16.9 Å². The summed E-state index contributed by atoms with van der Waals surface area (Å²) in [6, 6.07) is 29.9. The first-order chi connectivity index (χ1) is 25.2. The van der Waals surface area contributed by atoms with E-state index in [1.807, 2.05) is 12.2 Å². The lowest BCUT2D eigenvalue weighted by Crippen LogP contribution is -2.50. The standard InChI is InChI=1S/C48H51N2OSi/c1-10-26-50(27-11-2)35-21-24-42-47(31-35)52(8,9)46-30-34(49(5)6)20-23-41(46)48(42)44-29-33(19-25-45(44)51-7)32-18-22-40-36(12-3)38-16-14-15-17-39(38)37(13-4)43(40)28-32/h10-11,14-25,28-31H,1-2,12-13,26-27H2,3-9H3/q+1. The van der Waals surface area contributed by atoms with Gasteiger partial charge in [-0.1, -0.05) is 87.6 Å². The molecule has 0 spiro atoms. The first-order valence-electron chi connectivity index (χ1n) is 18.6. The fourth-order valence-corrected chi connectivity index (χ4v) is 11.6. The zero-order valence-electron chi connectivity index (χ0n) is 31.9. The Morgan fingerprint density at radius 1 is 0.731 bits per heavy atom. The molecule has 0 unspecified atom stereocenters. The first-order valence-corrected chi connectivity index (χ1v) is 21.6. The highest BCUT2D eigenvalue weighted by Crippen LogP contribution is 2.45. The maximum Gasteiger partial charge on any atom is 0.199 e. The van der Waals surface area contributed by atoms with Crippen molar-refractivity contribution in [2.45, 2.75) is 39.8 Å². The van der Waals surface area contributed by atoms with Crippen LogP contribution in [0.2, 0.25) is 13.1 Å². The highest BCUT2D eigenvalue weighted by atomic mass is 28.3. The largest absolute Gasteiger partial charge is 0.496 e. The summed E-state index contributed by atoms with van der Waals surface area (Å²) in [5, 5.41) is 8.35. The third-order valence-electron chi connectivity index (χ3n) is 11.2. The molecule has 5 aromatic rings. The Bertz CT molecular complexity index is 2390. The van der Waals surface area contributed by atoms with Crippen molar-refractivity contribution in [2.75, 3.05) is 39.2 Å². The summed E-state index contributed by atoms with van der Waals surface area (Å²) in [5.74, 6) is 0.882. The van der Waals surface area contributed by atoms with E-state index in [0.717, 1.165) is 37.2 Å². The van der Waals surface area contributed by atoms with E-state index in [-0.39, 0.29) is 0 Å². The number of fused-ring (bicyclic) bond motifs is 4. The molecule has 0 saturated heterocycles. The number of nitrogens with zero attached hydrogens (tertiary/aromatic N) is 2. The molecule has 0 aromatic heterocycles. The van der Waals surface area contributed by atoms with Crippen molar-refractivity contribution in [3.05, 3.63) is 155 Å². The van der Waals surface area contributed by atoms with Crippen LogP contribution in [0.25, 0.3) is 38.2 Å². The molecule has 1 heterocycles. The molecule has 52 heavy (non-hydrogen) atoms. The summed E-state index contributed by atoms with van der Waals surface area (Å²) in [6.45, 7) is 19.2. The summed E-state index contributed by atoms with van der Waals surface area (Å²) in [4.78, 5) is 2.34. The smallest absolute Gasteiger partial charge is 0.199 e. The second-order valence-corrected chi connectivity index (χ2v) is 19.0. The lowest BCUT2D eigenvalue weighted by molar-refractivity contribution is -0.462. The van der Waals surface area contributed by atoms with E-state index in [0.29, 0.717) is 0 Å². The maximum absolute atomic E-state index is 6.20. The van der Waals surface area contributed by atoms with Crippen molar-refractivity contribution >= 4 is 51.8 Å². The van der Waals surface area contributed by atoms with Gasteiger partial charge in [0.25, 0.3) is 0 Å². The van der Waals surface area contributed by atoms with Gasteiger partial charge in [-0.2, -0.15) is 0 Å². The van der Waals surface area contributed by atoms with Gasteiger partial charge in [0.05, 0.1) is 7.11 Å². The molecule has 0 bridgehead atoms. The number of anilines is 1. The van der Waals surface area contributed by atoms with Gasteiger partial charge >= 0.3 is 0 Å². The Hall–Kier alpha value is -5.19. The molecule has 0 amide bonds. The van der Waals surface area contributed by atoms with Gasteiger partial charge in [0.1, 0.15) is 27.9 Å². The predicted molar refractivity (Wildman–Crippen MR) is 229 cm³/mol. The van der Waals surface area contributed by atoms with Crippen LogP contribution in [0.3, 0.4) is 0 Å². The molecule has 0 N–H and O–H groups in total. The molecular weight excluding hydrogens is 649 g/mol. The van der Waals surface area contributed by atoms with Crippen molar-refractivity contribution in [1.82, 2.24) is 0 Å². The molecule has 4 heteroatoms. The monoisotopic (exact) mass is 699 g/mol. The van der Waals surface area contributed by atoms with Crippen molar-refractivity contribution in [2.24, 2.45) is 0 Å². The Morgan fingerprint density at radius 3 is 2.00 bits per heavy atom. The quantitative estimate of drug-likeness (QED) is 0.0624. The van der Waals surface area contributed by atoms with Gasteiger partial charge in [0.2, 0.25) is 0 Å². The van der Waals surface area contributed by atoms with E-state index in [1.165, 1.54) is 82.3 Å². The molecule has 0 atom stereocenters. The van der Waals surface area contributed by atoms with E-state index < -0.39 is 8.07 Å². The predicted octanol–water partition coefficient (Wildman–Crippen LogP) is 10.5. The first kappa shape index (κ1) is 35.2. The number of methoxy groups -OCH3 is 1. The minimum absolute atomic E-state index is 0.766. The number of hydrogen-bond acceptors (Lipinski definition) is 2. The fourth-order valence-electron chi connectivity index (χ4n) is 8.57. The van der Waals surface area contributed by atoms with E-state index >= 15 is 0 Å². The van der Waals surface area contributed by atoms with Crippen LogP contribution in [-0.4, -0.2) is 52.7 Å². The Balaban J connectivity index is 1.48. The van der Waals surface area contributed by atoms with Gasteiger partial charge in [-0.3, -0.25) is 0 Å². The van der Waals surface area contributed by atoms with Crippen molar-refractivity contribution in [1.29, 1.82) is 0 Å². The molecule has 3 nitrogen and oxygen atoms in total. The minimum Gasteiger partial charge on any atom is -0.496 e. The van der Waals surface area contributed by atoms with Crippen LogP contribution in [0.5, 0.6) is 5.75 Å². The SMILES string of the molecule is C=CCN(CC=C)c1ccc2c(c1)[Si](C)(C)C1=CC(=[N+](C)C)C=CC1=C2c1cc(-c2ccc3c(CC)c4ccccc4c(CC)c3c2)ccc1OC. The van der Waals surface area contributed by atoms with Gasteiger partial charge in [-0.05, 0) is 120 Å². The lowest BCUT2D eigenvalue weighted by Gasteiger charge is -2.38. The average Bonchev–Trinajstić information content (AvgIpc) is 3.16. The van der Waals surface area contributed by atoms with E-state index in [2.05, 4.69) is 161 Å². The molecule has 0 radical (unpaired) electrons. The fraction of sp³-hybridized carbons (Fsp3) is 0.229. The average molecular weight is 700 g/mol. The summed E-state index contributed by atoms with van der Waals surface area (Å²) in [6.07, 6.45) is 13.0. The maximum atomic E-state index is 6.20. The Labute approximate surface area is 311 Å². The minimum atomic E-state index is -2.15. The molecule has 2 aliphatic rings.